The molecule has 0 unspecified atom stereocenters. The maximum absolute atomic E-state index is 11.0. The quantitative estimate of drug-likeness (QED) is 0.336. The molecule has 0 aliphatic carbocycles. The van der Waals surface area contributed by atoms with E-state index in [0.29, 0.717) is 5.56 Å². The first-order chi connectivity index (χ1) is 15.7. The third-order valence-corrected chi connectivity index (χ3v) is 5.97. The molecule has 2 aromatic rings. The highest BCUT2D eigenvalue weighted by Crippen LogP contribution is 2.23. The Hall–Kier alpha value is -2.15. The van der Waals surface area contributed by atoms with Crippen LogP contribution in [0.5, 0.6) is 5.75 Å². The lowest BCUT2D eigenvalue weighted by atomic mass is 10.1. The maximum Gasteiger partial charge on any atom is 0.335 e. The van der Waals surface area contributed by atoms with E-state index in [1.54, 1.807) is 19.2 Å². The minimum atomic E-state index is -0.887. The van der Waals surface area contributed by atoms with Crippen LogP contribution >= 0.6 is 24.8 Å². The number of ether oxygens (including phenoxy) is 2. The zero-order valence-electron chi connectivity index (χ0n) is 20.0. The first kappa shape index (κ1) is 29.9. The highest BCUT2D eigenvalue weighted by atomic mass is 35.5. The maximum atomic E-state index is 11.0. The van der Waals surface area contributed by atoms with Crippen LogP contribution in [0.25, 0.3) is 0 Å². The van der Waals surface area contributed by atoms with E-state index in [9.17, 15) is 4.79 Å². The number of unbranched alkanes of at least 4 members (excludes halogenated alkanes) is 5. The van der Waals surface area contributed by atoms with Crippen LogP contribution < -0.4 is 14.5 Å². The second-order valence-electron chi connectivity index (χ2n) is 8.28. The zero-order chi connectivity index (χ0) is 22.6. The summed E-state index contributed by atoms with van der Waals surface area (Å²) >= 11 is 0. The Kier molecular flexibility index (Phi) is 14.5. The van der Waals surface area contributed by atoms with Gasteiger partial charge < -0.3 is 24.4 Å². The molecule has 190 valence electrons. The Bertz CT molecular complexity index is 811. The molecule has 0 bridgehead atoms. The summed E-state index contributed by atoms with van der Waals surface area (Å²) in [6, 6.07) is 15.6. The number of carbonyl (C=O) groups is 1. The van der Waals surface area contributed by atoms with Crippen LogP contribution in [0.4, 0.5) is 11.4 Å². The van der Waals surface area contributed by atoms with E-state index in [1.165, 1.54) is 31.4 Å². The normalized spacial score (nSPS) is 13.1. The molecule has 3 rings (SSSR count). The average Bonchev–Trinajstić information content (AvgIpc) is 2.83. The third-order valence-electron chi connectivity index (χ3n) is 5.97. The summed E-state index contributed by atoms with van der Waals surface area (Å²) in [6.45, 7) is 5.34. The molecule has 1 saturated heterocycles. The van der Waals surface area contributed by atoms with Crippen molar-refractivity contribution in [3.8, 4) is 5.75 Å². The Morgan fingerprint density at radius 3 is 1.65 bits per heavy atom. The van der Waals surface area contributed by atoms with E-state index >= 15 is 0 Å². The van der Waals surface area contributed by atoms with Gasteiger partial charge in [-0.05, 0) is 61.4 Å². The predicted octanol–water partition coefficient (Wildman–Crippen LogP) is 5.92. The van der Waals surface area contributed by atoms with E-state index in [0.717, 1.165) is 63.7 Å². The van der Waals surface area contributed by atoms with Crippen LogP contribution in [0, 0.1) is 0 Å². The molecule has 1 aliphatic rings. The molecule has 2 aromatic carbocycles. The van der Waals surface area contributed by atoms with Gasteiger partial charge in [-0.3, -0.25) is 0 Å². The topological polar surface area (TPSA) is 62.2 Å². The minimum absolute atomic E-state index is 0. The molecule has 1 heterocycles. The largest absolute Gasteiger partial charge is 0.494 e. The lowest BCUT2D eigenvalue weighted by molar-refractivity contribution is 0.0697. The van der Waals surface area contributed by atoms with Gasteiger partial charge in [0.15, 0.2) is 0 Å². The smallest absolute Gasteiger partial charge is 0.335 e. The molecule has 1 aliphatic heterocycles. The van der Waals surface area contributed by atoms with Crippen LogP contribution in [-0.4, -0.2) is 57.6 Å². The molecule has 6 nitrogen and oxygen atoms in total. The highest BCUT2D eigenvalue weighted by Gasteiger charge is 2.18. The molecular formula is C26H38Cl2N2O4. The van der Waals surface area contributed by atoms with Gasteiger partial charge in [0.2, 0.25) is 0 Å². The van der Waals surface area contributed by atoms with Crippen molar-refractivity contribution in [3.05, 3.63) is 54.1 Å². The highest BCUT2D eigenvalue weighted by molar-refractivity contribution is 5.88. The number of methoxy groups -OCH3 is 1. The summed E-state index contributed by atoms with van der Waals surface area (Å²) in [5.74, 6) is 0.0496. The number of anilines is 2. The molecule has 0 amide bonds. The van der Waals surface area contributed by atoms with Crippen LogP contribution in [-0.2, 0) is 4.74 Å². The van der Waals surface area contributed by atoms with Crippen molar-refractivity contribution in [3.63, 3.8) is 0 Å². The second kappa shape index (κ2) is 16.5. The summed E-state index contributed by atoms with van der Waals surface area (Å²) < 4.78 is 11.0. The van der Waals surface area contributed by atoms with Crippen LogP contribution in [0.2, 0.25) is 0 Å². The van der Waals surface area contributed by atoms with E-state index in [-0.39, 0.29) is 24.8 Å². The third kappa shape index (κ3) is 9.61. The Labute approximate surface area is 216 Å². The Morgan fingerprint density at radius 2 is 1.18 bits per heavy atom. The van der Waals surface area contributed by atoms with Crippen molar-refractivity contribution in [2.45, 2.75) is 38.5 Å². The lowest BCUT2D eigenvalue weighted by Crippen LogP contribution is -2.46. The number of hydrogen-bond acceptors (Lipinski definition) is 5. The van der Waals surface area contributed by atoms with Crippen molar-refractivity contribution in [1.29, 1.82) is 0 Å². The van der Waals surface area contributed by atoms with Gasteiger partial charge in [0, 0.05) is 51.3 Å². The fourth-order valence-corrected chi connectivity index (χ4v) is 4.04. The Morgan fingerprint density at radius 1 is 0.735 bits per heavy atom. The molecule has 8 heteroatoms. The number of carboxylic acids is 1. The molecule has 0 spiro atoms. The molecule has 34 heavy (non-hydrogen) atoms. The van der Waals surface area contributed by atoms with Gasteiger partial charge in [-0.15, -0.1) is 24.8 Å². The predicted molar refractivity (Wildman–Crippen MR) is 144 cm³/mol. The molecular weight excluding hydrogens is 475 g/mol. The molecule has 0 radical (unpaired) electrons. The number of rotatable bonds is 13. The van der Waals surface area contributed by atoms with E-state index in [2.05, 4.69) is 34.1 Å². The second-order valence-corrected chi connectivity index (χ2v) is 8.28. The summed E-state index contributed by atoms with van der Waals surface area (Å²) in [4.78, 5) is 15.7. The van der Waals surface area contributed by atoms with E-state index in [1.807, 2.05) is 12.1 Å². The lowest BCUT2D eigenvalue weighted by Gasteiger charge is -2.37. The SMILES string of the molecule is COCCCCCCCCOc1ccc(N2CCN(c3ccc(C(=O)O)cc3)CC2)cc1.Cl.Cl. The Balaban J connectivity index is 0.00000289. The van der Waals surface area contributed by atoms with Crippen molar-refractivity contribution in [1.82, 2.24) is 0 Å². The number of halogens is 2. The summed E-state index contributed by atoms with van der Waals surface area (Å²) in [5.41, 5.74) is 2.62. The van der Waals surface area contributed by atoms with Crippen LogP contribution in [0.3, 0.4) is 0 Å². The van der Waals surface area contributed by atoms with Crippen molar-refractivity contribution in [2.75, 3.05) is 56.3 Å². The summed E-state index contributed by atoms with van der Waals surface area (Å²) in [7, 11) is 1.76. The average molecular weight is 514 g/mol. The monoisotopic (exact) mass is 512 g/mol. The minimum Gasteiger partial charge on any atom is -0.494 e. The first-order valence-corrected chi connectivity index (χ1v) is 11.7. The van der Waals surface area contributed by atoms with E-state index in [4.69, 9.17) is 14.6 Å². The number of aromatic carboxylic acids is 1. The van der Waals surface area contributed by atoms with Gasteiger partial charge in [0.25, 0.3) is 0 Å². The van der Waals surface area contributed by atoms with Gasteiger partial charge in [0.05, 0.1) is 12.2 Å². The molecule has 1 N–H and O–H groups in total. The first-order valence-electron chi connectivity index (χ1n) is 11.7. The van der Waals surface area contributed by atoms with E-state index < -0.39 is 5.97 Å². The van der Waals surface area contributed by atoms with Gasteiger partial charge in [-0.1, -0.05) is 25.7 Å². The zero-order valence-corrected chi connectivity index (χ0v) is 21.6. The van der Waals surface area contributed by atoms with Gasteiger partial charge in [0.1, 0.15) is 5.75 Å². The molecule has 0 atom stereocenters. The van der Waals surface area contributed by atoms with Crippen molar-refractivity contribution < 1.29 is 19.4 Å². The molecule has 0 saturated carbocycles. The van der Waals surface area contributed by atoms with Crippen LogP contribution in [0.15, 0.2) is 48.5 Å². The number of hydrogen-bond donors (Lipinski definition) is 1. The molecule has 1 fully saturated rings. The van der Waals surface area contributed by atoms with Gasteiger partial charge in [-0.2, -0.15) is 0 Å². The number of nitrogens with zero attached hydrogens (tertiary/aromatic N) is 2. The van der Waals surface area contributed by atoms with Crippen molar-refractivity contribution >= 4 is 42.2 Å². The summed E-state index contributed by atoms with van der Waals surface area (Å²) in [6.07, 6.45) is 7.27. The number of benzene rings is 2. The number of carboxylic acid groups (broad SMARTS) is 1. The van der Waals surface area contributed by atoms with Gasteiger partial charge in [-0.25, -0.2) is 4.79 Å². The molecule has 0 aromatic heterocycles. The van der Waals surface area contributed by atoms with Gasteiger partial charge >= 0.3 is 5.97 Å². The fraction of sp³-hybridized carbons (Fsp3) is 0.500. The van der Waals surface area contributed by atoms with Crippen molar-refractivity contribution in [2.24, 2.45) is 0 Å². The summed E-state index contributed by atoms with van der Waals surface area (Å²) in [5, 5.41) is 9.05. The fourth-order valence-electron chi connectivity index (χ4n) is 4.04. The number of piperazine rings is 1. The standard InChI is InChI=1S/C26H36N2O4.2ClH/c1-31-20-6-4-2-3-5-7-21-32-25-14-12-24(13-15-25)28-18-16-27(17-19-28)23-10-8-22(9-11-23)26(29)30;;/h8-15H,2-7,16-21H2,1H3,(H,29,30);2*1H. The van der Waals surface area contributed by atoms with Crippen LogP contribution in [0.1, 0.15) is 48.9 Å².